The molecule has 0 amide bonds. The van der Waals surface area contributed by atoms with Gasteiger partial charge >= 0.3 is 0 Å². The summed E-state index contributed by atoms with van der Waals surface area (Å²) in [5.74, 6) is 1.38. The Morgan fingerprint density at radius 2 is 0.667 bits per heavy atom. The summed E-state index contributed by atoms with van der Waals surface area (Å²) in [5.41, 5.74) is 0. The summed E-state index contributed by atoms with van der Waals surface area (Å²) in [6, 6.07) is 0. The summed E-state index contributed by atoms with van der Waals surface area (Å²) in [6.07, 6.45) is 4.28. The zero-order valence-corrected chi connectivity index (χ0v) is 19.2. The van der Waals surface area contributed by atoms with Crippen molar-refractivity contribution in [2.45, 2.75) is 65.6 Å². The van der Waals surface area contributed by atoms with E-state index in [1.54, 1.807) is 28.4 Å². The van der Waals surface area contributed by atoms with Gasteiger partial charge in [-0.05, 0) is 25.7 Å². The van der Waals surface area contributed by atoms with Gasteiger partial charge in [0, 0.05) is 52.1 Å². The molecule has 0 aromatic heterocycles. The van der Waals surface area contributed by atoms with Crippen LogP contribution in [0.4, 0.5) is 0 Å². The van der Waals surface area contributed by atoms with Crippen LogP contribution in [-0.2, 0) is 23.7 Å². The van der Waals surface area contributed by atoms with E-state index in [2.05, 4.69) is 27.7 Å². The van der Waals surface area contributed by atoms with E-state index in [-0.39, 0.29) is 12.2 Å². The molecular weight excluding hydrogens is 344 g/mol. The van der Waals surface area contributed by atoms with Crippen LogP contribution in [0.2, 0.25) is 0 Å². The first-order valence-electron chi connectivity index (χ1n) is 10.7. The molecule has 0 spiro atoms. The third-order valence-corrected chi connectivity index (χ3v) is 5.79. The Balaban J connectivity index is 5.75. The van der Waals surface area contributed by atoms with Crippen LogP contribution in [0.1, 0.15) is 53.4 Å². The van der Waals surface area contributed by atoms with Gasteiger partial charge in [0.05, 0.1) is 38.6 Å². The monoisotopic (exact) mass is 390 g/mol. The molecule has 27 heavy (non-hydrogen) atoms. The molecule has 5 nitrogen and oxygen atoms in total. The molecule has 0 bridgehead atoms. The van der Waals surface area contributed by atoms with E-state index in [9.17, 15) is 0 Å². The van der Waals surface area contributed by atoms with Gasteiger partial charge in [-0.15, -0.1) is 0 Å². The van der Waals surface area contributed by atoms with Crippen molar-refractivity contribution in [1.29, 1.82) is 0 Å². The molecule has 0 rings (SSSR count). The number of hydrogen-bond donors (Lipinski definition) is 0. The normalized spacial score (nSPS) is 18.7. The van der Waals surface area contributed by atoms with Crippen LogP contribution < -0.4 is 0 Å². The second-order valence-corrected chi connectivity index (χ2v) is 7.56. The van der Waals surface area contributed by atoms with E-state index in [1.807, 2.05) is 0 Å². The second kappa shape index (κ2) is 16.7. The Kier molecular flexibility index (Phi) is 16.6. The van der Waals surface area contributed by atoms with Gasteiger partial charge in [-0.1, -0.05) is 27.7 Å². The molecule has 0 aromatic carbocycles. The molecule has 4 unspecified atom stereocenters. The first kappa shape index (κ1) is 26.8. The standard InChI is InChI=1S/C22H46O5/c1-9-17(13-23-5)21(18(10-2)14-24-6)27-22(19(11-3)15-25-7)20(12-4)16-26-8/h17-22H,9-16H2,1-8H3. The maximum atomic E-state index is 6.95. The van der Waals surface area contributed by atoms with Crippen molar-refractivity contribution in [2.75, 3.05) is 54.9 Å². The highest BCUT2D eigenvalue weighted by molar-refractivity contribution is 4.83. The Labute approximate surface area is 168 Å². The predicted octanol–water partition coefficient (Wildman–Crippen LogP) is 4.43. The van der Waals surface area contributed by atoms with Gasteiger partial charge in [0.15, 0.2) is 0 Å². The fraction of sp³-hybridized carbons (Fsp3) is 1.00. The highest BCUT2D eigenvalue weighted by Crippen LogP contribution is 2.31. The van der Waals surface area contributed by atoms with Crippen molar-refractivity contribution in [1.82, 2.24) is 0 Å². The van der Waals surface area contributed by atoms with E-state index in [0.717, 1.165) is 25.7 Å². The average Bonchev–Trinajstić information content (AvgIpc) is 2.69. The number of ether oxygens (including phenoxy) is 5. The lowest BCUT2D eigenvalue weighted by Gasteiger charge is -2.40. The Morgan fingerprint density at radius 3 is 0.815 bits per heavy atom. The number of rotatable bonds is 18. The highest BCUT2D eigenvalue weighted by atomic mass is 16.5. The molecule has 0 radical (unpaired) electrons. The van der Waals surface area contributed by atoms with E-state index in [4.69, 9.17) is 23.7 Å². The van der Waals surface area contributed by atoms with E-state index < -0.39 is 0 Å². The first-order valence-corrected chi connectivity index (χ1v) is 10.7. The van der Waals surface area contributed by atoms with Gasteiger partial charge in [-0.25, -0.2) is 0 Å². The largest absolute Gasteiger partial charge is 0.384 e. The molecule has 0 N–H and O–H groups in total. The summed E-state index contributed by atoms with van der Waals surface area (Å²) in [5, 5.41) is 0. The lowest BCUT2D eigenvalue weighted by atomic mass is 9.84. The van der Waals surface area contributed by atoms with E-state index in [1.165, 1.54) is 0 Å². The van der Waals surface area contributed by atoms with Crippen LogP contribution in [0.5, 0.6) is 0 Å². The Morgan fingerprint density at radius 1 is 0.444 bits per heavy atom. The molecule has 0 aliphatic rings. The average molecular weight is 391 g/mol. The first-order chi connectivity index (χ1) is 13.1. The lowest BCUT2D eigenvalue weighted by Crippen LogP contribution is -2.45. The summed E-state index contributed by atoms with van der Waals surface area (Å²) >= 11 is 0. The van der Waals surface area contributed by atoms with Crippen molar-refractivity contribution >= 4 is 0 Å². The molecule has 0 aromatic rings. The van der Waals surface area contributed by atoms with Crippen LogP contribution in [0.15, 0.2) is 0 Å². The second-order valence-electron chi connectivity index (χ2n) is 7.56. The van der Waals surface area contributed by atoms with Gasteiger partial charge < -0.3 is 23.7 Å². The van der Waals surface area contributed by atoms with Crippen LogP contribution >= 0.6 is 0 Å². The Hall–Kier alpha value is -0.200. The van der Waals surface area contributed by atoms with Crippen LogP contribution in [0.3, 0.4) is 0 Å². The molecule has 0 aliphatic carbocycles. The van der Waals surface area contributed by atoms with Gasteiger partial charge in [0.2, 0.25) is 0 Å². The highest BCUT2D eigenvalue weighted by Gasteiger charge is 2.36. The molecule has 164 valence electrons. The van der Waals surface area contributed by atoms with Crippen LogP contribution in [-0.4, -0.2) is 67.1 Å². The maximum absolute atomic E-state index is 6.95. The van der Waals surface area contributed by atoms with Gasteiger partial charge in [0.25, 0.3) is 0 Å². The minimum atomic E-state index is 0.0988. The minimum Gasteiger partial charge on any atom is -0.384 e. The maximum Gasteiger partial charge on any atom is 0.0679 e. The number of hydrogen-bond acceptors (Lipinski definition) is 5. The zero-order valence-electron chi connectivity index (χ0n) is 19.2. The van der Waals surface area contributed by atoms with E-state index >= 15 is 0 Å². The van der Waals surface area contributed by atoms with Gasteiger partial charge in [-0.3, -0.25) is 0 Å². The predicted molar refractivity (Wildman–Crippen MR) is 111 cm³/mol. The van der Waals surface area contributed by atoms with Crippen molar-refractivity contribution in [3.63, 3.8) is 0 Å². The molecular formula is C22H46O5. The van der Waals surface area contributed by atoms with Crippen molar-refractivity contribution in [2.24, 2.45) is 23.7 Å². The summed E-state index contributed by atoms with van der Waals surface area (Å²) < 4.78 is 29.1. The molecule has 5 heteroatoms. The van der Waals surface area contributed by atoms with Gasteiger partial charge in [-0.2, -0.15) is 0 Å². The minimum absolute atomic E-state index is 0.0988. The molecule has 0 aliphatic heterocycles. The zero-order chi connectivity index (χ0) is 20.7. The van der Waals surface area contributed by atoms with Crippen molar-refractivity contribution in [3.8, 4) is 0 Å². The lowest BCUT2D eigenvalue weighted by molar-refractivity contribution is -0.149. The molecule has 4 atom stereocenters. The molecule has 0 heterocycles. The SMILES string of the molecule is CCC(COC)C(OC(C(CC)COC)C(CC)COC)C(CC)COC. The third-order valence-electron chi connectivity index (χ3n) is 5.79. The van der Waals surface area contributed by atoms with Crippen molar-refractivity contribution < 1.29 is 23.7 Å². The van der Waals surface area contributed by atoms with Gasteiger partial charge in [0.1, 0.15) is 0 Å². The summed E-state index contributed by atoms with van der Waals surface area (Å²) in [7, 11) is 7.09. The molecule has 0 saturated carbocycles. The van der Waals surface area contributed by atoms with E-state index in [0.29, 0.717) is 50.1 Å². The fourth-order valence-electron chi connectivity index (χ4n) is 4.03. The smallest absolute Gasteiger partial charge is 0.0679 e. The third kappa shape index (κ3) is 9.23. The van der Waals surface area contributed by atoms with Crippen LogP contribution in [0.25, 0.3) is 0 Å². The number of methoxy groups -OCH3 is 4. The summed E-state index contributed by atoms with van der Waals surface area (Å²) in [4.78, 5) is 0. The summed E-state index contributed by atoms with van der Waals surface area (Å²) in [6.45, 7) is 11.7. The quantitative estimate of drug-likeness (QED) is 0.346. The molecule has 0 saturated heterocycles. The fourth-order valence-corrected chi connectivity index (χ4v) is 4.03. The van der Waals surface area contributed by atoms with Crippen molar-refractivity contribution in [3.05, 3.63) is 0 Å². The molecule has 0 fully saturated rings. The Bertz CT molecular complexity index is 268. The van der Waals surface area contributed by atoms with Crippen LogP contribution in [0, 0.1) is 23.7 Å². The topological polar surface area (TPSA) is 46.2 Å².